The molecular weight excluding hydrogens is 294 g/mol. The van der Waals surface area contributed by atoms with Crippen molar-refractivity contribution in [1.29, 1.82) is 0 Å². The van der Waals surface area contributed by atoms with Crippen molar-refractivity contribution in [2.45, 2.75) is 12.5 Å². The van der Waals surface area contributed by atoms with Gasteiger partial charge in [-0.2, -0.15) is 0 Å². The summed E-state index contributed by atoms with van der Waals surface area (Å²) in [5, 5.41) is 3.30. The van der Waals surface area contributed by atoms with E-state index in [-0.39, 0.29) is 18.2 Å². The molecule has 1 saturated heterocycles. The normalized spacial score (nSPS) is 18.7. The lowest BCUT2D eigenvalue weighted by atomic mass is 10.1. The molecular formula is C14H18ClN3O3. The molecule has 1 fully saturated rings. The van der Waals surface area contributed by atoms with Crippen LogP contribution >= 0.6 is 11.6 Å². The Balaban J connectivity index is 1.89. The first-order valence-corrected chi connectivity index (χ1v) is 7.14. The molecule has 6 nitrogen and oxygen atoms in total. The Morgan fingerprint density at radius 2 is 2.14 bits per heavy atom. The number of anilines is 1. The van der Waals surface area contributed by atoms with Crippen LogP contribution in [0.3, 0.4) is 0 Å². The Bertz CT molecular complexity index is 505. The van der Waals surface area contributed by atoms with Gasteiger partial charge in [-0.3, -0.25) is 9.59 Å². The molecule has 0 saturated carbocycles. The number of amides is 2. The van der Waals surface area contributed by atoms with E-state index in [9.17, 15) is 9.59 Å². The predicted octanol–water partition coefficient (Wildman–Crippen LogP) is 0.855. The topological polar surface area (TPSA) is 84.7 Å². The SMILES string of the molecule is NCCN1CCOC(CC(=O)Nc2ccc(Cl)cc2)C1=O. The third kappa shape index (κ3) is 4.42. The summed E-state index contributed by atoms with van der Waals surface area (Å²) in [4.78, 5) is 25.7. The molecule has 7 heteroatoms. The zero-order valence-corrected chi connectivity index (χ0v) is 12.3. The van der Waals surface area contributed by atoms with E-state index >= 15 is 0 Å². The van der Waals surface area contributed by atoms with E-state index in [1.165, 1.54) is 0 Å². The Labute approximate surface area is 128 Å². The zero-order valence-electron chi connectivity index (χ0n) is 11.5. The number of rotatable bonds is 5. The molecule has 3 N–H and O–H groups in total. The van der Waals surface area contributed by atoms with Crippen LogP contribution in [-0.4, -0.2) is 49.1 Å². The Morgan fingerprint density at radius 3 is 2.81 bits per heavy atom. The predicted molar refractivity (Wildman–Crippen MR) is 80.1 cm³/mol. The molecule has 1 unspecified atom stereocenters. The number of ether oxygens (including phenoxy) is 1. The Morgan fingerprint density at radius 1 is 1.43 bits per heavy atom. The molecule has 2 rings (SSSR count). The van der Waals surface area contributed by atoms with Gasteiger partial charge in [0.1, 0.15) is 6.10 Å². The molecule has 2 amide bonds. The van der Waals surface area contributed by atoms with Crippen LogP contribution in [-0.2, 0) is 14.3 Å². The van der Waals surface area contributed by atoms with Gasteiger partial charge in [0.05, 0.1) is 13.0 Å². The van der Waals surface area contributed by atoms with E-state index in [0.717, 1.165) is 0 Å². The van der Waals surface area contributed by atoms with Crippen molar-refractivity contribution in [3.05, 3.63) is 29.3 Å². The highest BCUT2D eigenvalue weighted by Crippen LogP contribution is 2.15. The lowest BCUT2D eigenvalue weighted by molar-refractivity contribution is -0.154. The van der Waals surface area contributed by atoms with Gasteiger partial charge in [-0.1, -0.05) is 11.6 Å². The second-order valence-corrected chi connectivity index (χ2v) is 5.17. The van der Waals surface area contributed by atoms with Crippen molar-refractivity contribution >= 4 is 29.1 Å². The largest absolute Gasteiger partial charge is 0.366 e. The van der Waals surface area contributed by atoms with Gasteiger partial charge < -0.3 is 20.7 Å². The molecule has 0 spiro atoms. The summed E-state index contributed by atoms with van der Waals surface area (Å²) in [6.45, 7) is 1.82. The number of nitrogens with two attached hydrogens (primary N) is 1. The fourth-order valence-electron chi connectivity index (χ4n) is 2.13. The number of nitrogens with one attached hydrogen (secondary N) is 1. The zero-order chi connectivity index (χ0) is 15.2. The molecule has 114 valence electrons. The average Bonchev–Trinajstić information content (AvgIpc) is 2.46. The number of hydrogen-bond donors (Lipinski definition) is 2. The first kappa shape index (κ1) is 15.8. The number of nitrogens with zero attached hydrogens (tertiary/aromatic N) is 1. The summed E-state index contributed by atoms with van der Waals surface area (Å²) < 4.78 is 5.38. The van der Waals surface area contributed by atoms with E-state index < -0.39 is 6.10 Å². The van der Waals surface area contributed by atoms with Gasteiger partial charge >= 0.3 is 0 Å². The molecule has 1 heterocycles. The van der Waals surface area contributed by atoms with Gasteiger partial charge in [0, 0.05) is 30.3 Å². The maximum atomic E-state index is 12.1. The lowest BCUT2D eigenvalue weighted by Gasteiger charge is -2.31. The van der Waals surface area contributed by atoms with E-state index in [0.29, 0.717) is 37.0 Å². The molecule has 1 aliphatic rings. The minimum absolute atomic E-state index is 0.0114. The van der Waals surface area contributed by atoms with E-state index in [4.69, 9.17) is 22.1 Å². The molecule has 0 aromatic heterocycles. The smallest absolute Gasteiger partial charge is 0.252 e. The van der Waals surface area contributed by atoms with Crippen molar-refractivity contribution in [1.82, 2.24) is 4.90 Å². The van der Waals surface area contributed by atoms with Crippen LogP contribution in [0, 0.1) is 0 Å². The van der Waals surface area contributed by atoms with Crippen LogP contribution in [0.2, 0.25) is 5.02 Å². The molecule has 0 bridgehead atoms. The maximum Gasteiger partial charge on any atom is 0.252 e. The van der Waals surface area contributed by atoms with Gasteiger partial charge in [-0.05, 0) is 24.3 Å². The quantitative estimate of drug-likeness (QED) is 0.844. The summed E-state index contributed by atoms with van der Waals surface area (Å²) in [7, 11) is 0. The minimum Gasteiger partial charge on any atom is -0.366 e. The van der Waals surface area contributed by atoms with Crippen LogP contribution < -0.4 is 11.1 Å². The maximum absolute atomic E-state index is 12.1. The third-order valence-electron chi connectivity index (χ3n) is 3.17. The van der Waals surface area contributed by atoms with Gasteiger partial charge in [-0.15, -0.1) is 0 Å². The fourth-order valence-corrected chi connectivity index (χ4v) is 2.25. The van der Waals surface area contributed by atoms with Gasteiger partial charge in [0.15, 0.2) is 0 Å². The van der Waals surface area contributed by atoms with E-state index in [2.05, 4.69) is 5.32 Å². The van der Waals surface area contributed by atoms with Crippen LogP contribution in [0.25, 0.3) is 0 Å². The first-order chi connectivity index (χ1) is 10.1. The van der Waals surface area contributed by atoms with E-state index in [1.807, 2.05) is 0 Å². The number of morpholine rings is 1. The van der Waals surface area contributed by atoms with Crippen LogP contribution in [0.15, 0.2) is 24.3 Å². The third-order valence-corrected chi connectivity index (χ3v) is 3.42. The van der Waals surface area contributed by atoms with Crippen molar-refractivity contribution in [2.24, 2.45) is 5.73 Å². The monoisotopic (exact) mass is 311 g/mol. The molecule has 0 radical (unpaired) electrons. The molecule has 1 aromatic carbocycles. The lowest BCUT2D eigenvalue weighted by Crippen LogP contribution is -2.50. The number of benzene rings is 1. The summed E-state index contributed by atoms with van der Waals surface area (Å²) in [5.41, 5.74) is 6.09. The Hall–Kier alpha value is -1.63. The van der Waals surface area contributed by atoms with Crippen molar-refractivity contribution < 1.29 is 14.3 Å². The summed E-state index contributed by atoms with van der Waals surface area (Å²) in [6.07, 6.45) is -0.750. The first-order valence-electron chi connectivity index (χ1n) is 6.76. The second kappa shape index (κ2) is 7.40. The Kier molecular flexibility index (Phi) is 5.55. The molecule has 1 atom stereocenters. The van der Waals surface area contributed by atoms with Crippen LogP contribution in [0.1, 0.15) is 6.42 Å². The van der Waals surface area contributed by atoms with Crippen LogP contribution in [0.5, 0.6) is 0 Å². The van der Waals surface area contributed by atoms with Gasteiger partial charge in [0.2, 0.25) is 5.91 Å². The molecule has 1 aliphatic heterocycles. The van der Waals surface area contributed by atoms with Gasteiger partial charge in [-0.25, -0.2) is 0 Å². The number of carbonyl (C=O) groups excluding carboxylic acids is 2. The second-order valence-electron chi connectivity index (χ2n) is 4.73. The van der Waals surface area contributed by atoms with Crippen LogP contribution in [0.4, 0.5) is 5.69 Å². The number of hydrogen-bond acceptors (Lipinski definition) is 4. The molecule has 0 aliphatic carbocycles. The van der Waals surface area contributed by atoms with Gasteiger partial charge in [0.25, 0.3) is 5.91 Å². The highest BCUT2D eigenvalue weighted by Gasteiger charge is 2.30. The highest BCUT2D eigenvalue weighted by atomic mass is 35.5. The summed E-state index contributed by atoms with van der Waals surface area (Å²) >= 11 is 5.78. The van der Waals surface area contributed by atoms with Crippen molar-refractivity contribution in [3.8, 4) is 0 Å². The number of halogens is 1. The fraction of sp³-hybridized carbons (Fsp3) is 0.429. The highest BCUT2D eigenvalue weighted by molar-refractivity contribution is 6.30. The minimum atomic E-state index is -0.738. The van der Waals surface area contributed by atoms with Crippen molar-refractivity contribution in [3.63, 3.8) is 0 Å². The standard InChI is InChI=1S/C14H18ClN3O3/c15-10-1-3-11(4-2-10)17-13(19)9-12-14(20)18(6-5-16)7-8-21-12/h1-4,12H,5-9,16H2,(H,17,19). The summed E-state index contributed by atoms with van der Waals surface area (Å²) in [5.74, 6) is -0.455. The number of carbonyl (C=O) groups is 2. The molecule has 21 heavy (non-hydrogen) atoms. The summed E-state index contributed by atoms with van der Waals surface area (Å²) in [6, 6.07) is 6.76. The average molecular weight is 312 g/mol. The van der Waals surface area contributed by atoms with Crippen molar-refractivity contribution in [2.75, 3.05) is 31.6 Å². The molecule has 1 aromatic rings. The van der Waals surface area contributed by atoms with E-state index in [1.54, 1.807) is 29.2 Å².